The molecule has 0 aliphatic carbocycles. The first kappa shape index (κ1) is 15.1. The first-order chi connectivity index (χ1) is 7.88. The number of aryl methyl sites for hydroxylation is 2. The van der Waals surface area contributed by atoms with E-state index in [4.69, 9.17) is 0 Å². The van der Waals surface area contributed by atoms with Crippen LogP contribution < -0.4 is 18.9 Å². The molecule has 0 saturated heterocycles. The zero-order valence-corrected chi connectivity index (χ0v) is 12.2. The Morgan fingerprint density at radius 3 is 2.33 bits per heavy atom. The van der Waals surface area contributed by atoms with Crippen LogP contribution >= 0.6 is 0 Å². The second-order valence-corrected chi connectivity index (χ2v) is 5.55. The van der Waals surface area contributed by atoms with Gasteiger partial charge in [-0.3, -0.25) is 4.68 Å². The van der Waals surface area contributed by atoms with Crippen molar-refractivity contribution in [2.75, 3.05) is 0 Å². The van der Waals surface area contributed by atoms with Crippen LogP contribution in [0.3, 0.4) is 0 Å². The fourth-order valence-electron chi connectivity index (χ4n) is 1.92. The Kier molecular flexibility index (Phi) is 4.48. The fraction of sp³-hybridized carbons (Fsp3) is 0.400. The van der Waals surface area contributed by atoms with Gasteiger partial charge in [-0.15, -0.1) is 6.07 Å². The van der Waals surface area contributed by atoms with Crippen molar-refractivity contribution in [3.05, 3.63) is 47.3 Å². The first-order valence-electron chi connectivity index (χ1n) is 5.94. The number of hydrogen-bond acceptors (Lipinski definition) is 1. The van der Waals surface area contributed by atoms with Crippen molar-refractivity contribution in [3.63, 3.8) is 0 Å². The summed E-state index contributed by atoms with van der Waals surface area (Å²) in [5.41, 5.74) is 4.66. The molecule has 0 N–H and O–H groups in total. The molecular weight excluding hydrogens is 215 g/mol. The monoisotopic (exact) mass is 234 g/mol. The minimum absolute atomic E-state index is 0. The maximum absolute atomic E-state index is 4.49. The third-order valence-corrected chi connectivity index (χ3v) is 2.89. The Labute approximate surface area is 122 Å². The van der Waals surface area contributed by atoms with E-state index in [-0.39, 0.29) is 24.3 Å². The predicted octanol–water partition coefficient (Wildman–Crippen LogP) is 0.591. The van der Waals surface area contributed by atoms with Crippen LogP contribution in [0.2, 0.25) is 0 Å². The van der Waals surface area contributed by atoms with Gasteiger partial charge < -0.3 is 0 Å². The molecule has 0 bridgehead atoms. The van der Waals surface area contributed by atoms with Gasteiger partial charge in [0.1, 0.15) is 0 Å². The minimum Gasteiger partial charge on any atom is -0.263 e. The molecule has 0 atom stereocenters. The van der Waals surface area contributed by atoms with Crippen LogP contribution in [0.25, 0.3) is 5.69 Å². The molecule has 1 aromatic carbocycles. The van der Waals surface area contributed by atoms with Gasteiger partial charge in [0.25, 0.3) is 0 Å². The third-order valence-electron chi connectivity index (χ3n) is 2.89. The van der Waals surface area contributed by atoms with Crippen molar-refractivity contribution in [2.24, 2.45) is 0 Å². The molecular formula is C15H19LiN2. The molecule has 0 fully saturated rings. The summed E-state index contributed by atoms with van der Waals surface area (Å²) in [6, 6.07) is 11.6. The van der Waals surface area contributed by atoms with Crippen molar-refractivity contribution in [3.8, 4) is 5.69 Å². The minimum atomic E-state index is 0. The van der Waals surface area contributed by atoms with Crippen LogP contribution in [0.1, 0.15) is 37.7 Å². The van der Waals surface area contributed by atoms with E-state index in [1.807, 2.05) is 17.7 Å². The molecule has 2 rings (SSSR count). The van der Waals surface area contributed by atoms with Crippen LogP contribution in [0.5, 0.6) is 0 Å². The summed E-state index contributed by atoms with van der Waals surface area (Å²) in [6.07, 6.45) is 0. The maximum atomic E-state index is 4.49. The molecule has 0 unspecified atom stereocenters. The van der Waals surface area contributed by atoms with Gasteiger partial charge in [-0.1, -0.05) is 20.8 Å². The van der Waals surface area contributed by atoms with Gasteiger partial charge in [0.05, 0.1) is 5.69 Å². The Balaban J connectivity index is 0.00000162. The molecule has 3 heteroatoms. The summed E-state index contributed by atoms with van der Waals surface area (Å²) < 4.78 is 1.95. The van der Waals surface area contributed by atoms with Crippen LogP contribution in [-0.4, -0.2) is 9.78 Å². The number of hydrogen-bond donors (Lipinski definition) is 0. The molecule has 18 heavy (non-hydrogen) atoms. The van der Waals surface area contributed by atoms with Crippen molar-refractivity contribution in [1.82, 2.24) is 9.78 Å². The predicted molar refractivity (Wildman–Crippen MR) is 70.6 cm³/mol. The fourth-order valence-corrected chi connectivity index (χ4v) is 1.92. The van der Waals surface area contributed by atoms with E-state index < -0.39 is 0 Å². The molecule has 0 saturated carbocycles. The zero-order chi connectivity index (χ0) is 12.6. The second kappa shape index (κ2) is 5.34. The van der Waals surface area contributed by atoms with Crippen LogP contribution in [-0.2, 0) is 5.41 Å². The van der Waals surface area contributed by atoms with Crippen molar-refractivity contribution in [1.29, 1.82) is 0 Å². The number of nitrogens with zero attached hydrogens (tertiary/aromatic N) is 2. The van der Waals surface area contributed by atoms with Crippen molar-refractivity contribution in [2.45, 2.75) is 40.0 Å². The maximum Gasteiger partial charge on any atom is 1.00 e. The third kappa shape index (κ3) is 3.07. The van der Waals surface area contributed by atoms with Crippen molar-refractivity contribution >= 4 is 0 Å². The van der Waals surface area contributed by atoms with E-state index in [2.05, 4.69) is 57.1 Å². The molecule has 90 valence electrons. The SMILES string of the molecule is Cc1cc(C)n(-c2[c-]ccc(C(C)(C)C)c2)n1.[Li+]. The van der Waals surface area contributed by atoms with E-state index in [1.54, 1.807) is 0 Å². The Morgan fingerprint density at radius 2 is 1.83 bits per heavy atom. The summed E-state index contributed by atoms with van der Waals surface area (Å²) in [7, 11) is 0. The summed E-state index contributed by atoms with van der Waals surface area (Å²) >= 11 is 0. The quantitative estimate of drug-likeness (QED) is 0.521. The standard InChI is InChI=1S/C15H19N2.Li/c1-11-9-12(2)17(16-11)14-8-6-7-13(10-14)15(3,4)5;/h6-7,9-10H,1-5H3;/q-1;+1. The number of rotatable bonds is 1. The molecule has 0 aliphatic rings. The van der Waals surface area contributed by atoms with Gasteiger partial charge in [0.15, 0.2) is 0 Å². The normalized spacial score (nSPS) is 11.2. The molecule has 0 radical (unpaired) electrons. The summed E-state index contributed by atoms with van der Waals surface area (Å²) in [5.74, 6) is 0. The van der Waals surface area contributed by atoms with Crippen molar-refractivity contribution < 1.29 is 18.9 Å². The Bertz CT molecular complexity index is 536. The summed E-state index contributed by atoms with van der Waals surface area (Å²) in [6.45, 7) is 10.7. The number of benzene rings is 1. The van der Waals surface area contributed by atoms with E-state index in [9.17, 15) is 0 Å². The van der Waals surface area contributed by atoms with Gasteiger partial charge in [-0.25, -0.2) is 0 Å². The van der Waals surface area contributed by atoms with Gasteiger partial charge in [-0.2, -0.15) is 28.9 Å². The zero-order valence-electron chi connectivity index (χ0n) is 12.2. The van der Waals surface area contributed by atoms with Gasteiger partial charge in [0.2, 0.25) is 0 Å². The molecule has 0 spiro atoms. The first-order valence-corrected chi connectivity index (χ1v) is 5.94. The van der Waals surface area contributed by atoms with E-state index in [1.165, 1.54) is 5.56 Å². The van der Waals surface area contributed by atoms with E-state index in [0.29, 0.717) is 0 Å². The summed E-state index contributed by atoms with van der Waals surface area (Å²) in [5, 5.41) is 4.49. The molecule has 1 aromatic heterocycles. The number of aromatic nitrogens is 2. The average molecular weight is 234 g/mol. The Morgan fingerprint density at radius 1 is 1.17 bits per heavy atom. The van der Waals surface area contributed by atoms with Gasteiger partial charge >= 0.3 is 18.9 Å². The largest absolute Gasteiger partial charge is 1.00 e. The van der Waals surface area contributed by atoms with Gasteiger partial charge in [-0.05, 0) is 31.0 Å². The molecule has 0 amide bonds. The smallest absolute Gasteiger partial charge is 0.263 e. The molecule has 2 nitrogen and oxygen atoms in total. The molecule has 2 aromatic rings. The molecule has 1 heterocycles. The van der Waals surface area contributed by atoms with Crippen LogP contribution in [0.4, 0.5) is 0 Å². The summed E-state index contributed by atoms with van der Waals surface area (Å²) in [4.78, 5) is 0. The average Bonchev–Trinajstić information content (AvgIpc) is 2.57. The Hall–Kier alpha value is -0.973. The second-order valence-electron chi connectivity index (χ2n) is 5.55. The molecule has 0 aliphatic heterocycles. The van der Waals surface area contributed by atoms with Gasteiger partial charge in [0, 0.05) is 5.69 Å². The van der Waals surface area contributed by atoms with E-state index in [0.717, 1.165) is 17.1 Å². The topological polar surface area (TPSA) is 17.8 Å². The van der Waals surface area contributed by atoms with E-state index >= 15 is 0 Å². The van der Waals surface area contributed by atoms with Crippen LogP contribution in [0, 0.1) is 19.9 Å². The van der Waals surface area contributed by atoms with Crippen LogP contribution in [0.15, 0.2) is 24.3 Å².